The number of hydrogen-bond acceptors (Lipinski definition) is 2. The molecule has 0 fully saturated rings. The lowest BCUT2D eigenvalue weighted by Gasteiger charge is -2.32. The van der Waals surface area contributed by atoms with E-state index in [-0.39, 0.29) is 0 Å². The fourth-order valence-corrected chi connectivity index (χ4v) is 14.2. The van der Waals surface area contributed by atoms with Gasteiger partial charge >= 0.3 is 0 Å². The lowest BCUT2D eigenvalue weighted by atomic mass is 9.84. The summed E-state index contributed by atoms with van der Waals surface area (Å²) in [6, 6.07) is 71.6. The van der Waals surface area contributed by atoms with E-state index in [0.717, 1.165) is 64.2 Å². The lowest BCUT2D eigenvalue weighted by Crippen LogP contribution is -2.14. The van der Waals surface area contributed by atoms with Gasteiger partial charge in [0.15, 0.2) is 0 Å². The molecule has 2 nitrogen and oxygen atoms in total. The number of anilines is 6. The Kier molecular flexibility index (Phi) is 15.2. The van der Waals surface area contributed by atoms with Crippen LogP contribution in [0, 0.1) is 0 Å². The van der Waals surface area contributed by atoms with Crippen LogP contribution < -0.4 is 9.80 Å². The van der Waals surface area contributed by atoms with Crippen LogP contribution in [0.2, 0.25) is 0 Å². The first kappa shape index (κ1) is 54.4. The Morgan fingerprint density at radius 1 is 0.244 bits per heavy atom. The van der Waals surface area contributed by atoms with Crippen molar-refractivity contribution < 1.29 is 0 Å². The standard InChI is InChI=1S/C80H80N2/c1-11-51-33-35-65(43-53(51)13-3)81(67-45-55(15-5)69(19-9)56(16-6)46-67)77-49-75(63-31-29-59-25-21-23-27-61(59)41-63)71-38-40-74-78(50-76(72-37-39-73(77)79(71)80(72)74)64-32-30-60-26-22-24-28-62(60)42-64)82(66-36-34-52(12-2)54(14-4)44-66)68-47-57(17-7)70(20-10)58(18-8)48-68/h21-50H,11-20H2,1-10H3. The molecule has 0 aliphatic heterocycles. The molecule has 0 aromatic heterocycles. The molecule has 12 rings (SSSR count). The van der Waals surface area contributed by atoms with E-state index >= 15 is 0 Å². The molecule has 0 aliphatic rings. The molecule has 0 amide bonds. The van der Waals surface area contributed by atoms with Crippen LogP contribution in [0.25, 0.3) is 76.1 Å². The molecule has 0 bridgehead atoms. The summed E-state index contributed by atoms with van der Waals surface area (Å²) in [5.74, 6) is 0. The van der Waals surface area contributed by atoms with Crippen molar-refractivity contribution in [3.05, 3.63) is 238 Å². The largest absolute Gasteiger partial charge is 0.310 e. The van der Waals surface area contributed by atoms with Crippen LogP contribution in [0.5, 0.6) is 0 Å². The normalized spacial score (nSPS) is 11.8. The van der Waals surface area contributed by atoms with Gasteiger partial charge in [-0.15, -0.1) is 0 Å². The second-order valence-electron chi connectivity index (χ2n) is 22.7. The second-order valence-corrected chi connectivity index (χ2v) is 22.7. The molecule has 0 saturated heterocycles. The van der Waals surface area contributed by atoms with Crippen molar-refractivity contribution in [1.29, 1.82) is 0 Å². The summed E-state index contributed by atoms with van der Waals surface area (Å²) in [6.07, 6.45) is 9.90. The molecule has 410 valence electrons. The molecule has 2 heteroatoms. The number of hydrogen-bond donors (Lipinski definition) is 0. The highest BCUT2D eigenvalue weighted by Gasteiger charge is 2.28. The number of aryl methyl sites for hydroxylation is 8. The maximum absolute atomic E-state index is 2.64. The molecule has 0 saturated carbocycles. The Morgan fingerprint density at radius 3 is 0.915 bits per heavy atom. The monoisotopic (exact) mass is 1070 g/mol. The summed E-state index contributed by atoms with van der Waals surface area (Å²) in [7, 11) is 0. The van der Waals surface area contributed by atoms with E-state index < -0.39 is 0 Å². The fraction of sp³-hybridized carbons (Fsp3) is 0.250. The summed E-state index contributed by atoms with van der Waals surface area (Å²) in [6.45, 7) is 23.2. The Labute approximate surface area is 488 Å². The number of rotatable bonds is 18. The SMILES string of the molecule is CCc1ccc(N(c2cc(CC)c(CC)c(CC)c2)c2cc(-c3ccc4ccccc4c3)c3ccc4c(N(c5ccc(CC)c(CC)c5)c5cc(CC)c(CC)c(CC)c5)cc(-c5ccc6ccccc6c5)c5ccc2c3c54)cc1CC. The van der Waals surface area contributed by atoms with Crippen LogP contribution in [-0.4, -0.2) is 0 Å². The average Bonchev–Trinajstić information content (AvgIpc) is 1.32. The third-order valence-electron chi connectivity index (χ3n) is 18.5. The third kappa shape index (κ3) is 9.39. The molecule has 82 heavy (non-hydrogen) atoms. The van der Waals surface area contributed by atoms with E-state index in [2.05, 4.69) is 261 Å². The Balaban J connectivity index is 1.28. The van der Waals surface area contributed by atoms with Crippen molar-refractivity contribution in [2.75, 3.05) is 9.80 Å². The lowest BCUT2D eigenvalue weighted by molar-refractivity contribution is 0.978. The summed E-state index contributed by atoms with van der Waals surface area (Å²) in [5.41, 5.74) is 26.5. The predicted molar refractivity (Wildman–Crippen MR) is 359 cm³/mol. The van der Waals surface area contributed by atoms with Crippen molar-refractivity contribution in [2.45, 2.75) is 133 Å². The van der Waals surface area contributed by atoms with E-state index in [1.54, 1.807) is 0 Å². The van der Waals surface area contributed by atoms with Crippen molar-refractivity contribution in [3.63, 3.8) is 0 Å². The predicted octanol–water partition coefficient (Wildman–Crippen LogP) is 22.8. The first-order valence-corrected chi connectivity index (χ1v) is 31.1. The van der Waals surface area contributed by atoms with Gasteiger partial charge in [-0.3, -0.25) is 0 Å². The Hall–Kier alpha value is -8.20. The zero-order valence-electron chi connectivity index (χ0n) is 50.3. The molecule has 0 atom stereocenters. The van der Waals surface area contributed by atoms with Gasteiger partial charge in [-0.05, 0) is 247 Å². The van der Waals surface area contributed by atoms with Gasteiger partial charge in [0.25, 0.3) is 0 Å². The average molecular weight is 1070 g/mol. The summed E-state index contributed by atoms with van der Waals surface area (Å²) < 4.78 is 0. The molecule has 0 spiro atoms. The molecular formula is C80H80N2. The molecule has 0 N–H and O–H groups in total. The van der Waals surface area contributed by atoms with Gasteiger partial charge in [0.1, 0.15) is 0 Å². The van der Waals surface area contributed by atoms with Crippen LogP contribution in [0.15, 0.2) is 182 Å². The molecule has 12 aromatic rings. The van der Waals surface area contributed by atoms with Crippen molar-refractivity contribution in [3.8, 4) is 22.3 Å². The van der Waals surface area contributed by atoms with Crippen LogP contribution in [0.4, 0.5) is 34.1 Å². The maximum atomic E-state index is 2.64. The smallest absolute Gasteiger partial charge is 0.0546 e. The third-order valence-corrected chi connectivity index (χ3v) is 18.5. The number of fused-ring (bicyclic) bond motifs is 2. The van der Waals surface area contributed by atoms with Crippen LogP contribution >= 0.6 is 0 Å². The molecule has 0 aliphatic carbocycles. The summed E-state index contributed by atoms with van der Waals surface area (Å²) >= 11 is 0. The van der Waals surface area contributed by atoms with Crippen molar-refractivity contribution >= 4 is 88.0 Å². The minimum absolute atomic E-state index is 0.972. The highest BCUT2D eigenvalue weighted by molar-refractivity contribution is 6.32. The van der Waals surface area contributed by atoms with Crippen LogP contribution in [-0.2, 0) is 64.2 Å². The molecular weight excluding hydrogens is 989 g/mol. The van der Waals surface area contributed by atoms with Crippen LogP contribution in [0.1, 0.15) is 125 Å². The quantitative estimate of drug-likeness (QED) is 0.0790. The Bertz CT molecular complexity index is 4030. The second kappa shape index (κ2) is 23.0. The van der Waals surface area contributed by atoms with Crippen molar-refractivity contribution in [2.24, 2.45) is 0 Å². The van der Waals surface area contributed by atoms with E-state index in [4.69, 9.17) is 0 Å². The van der Waals surface area contributed by atoms with E-state index in [1.807, 2.05) is 0 Å². The van der Waals surface area contributed by atoms with Crippen LogP contribution in [0.3, 0.4) is 0 Å². The van der Waals surface area contributed by atoms with Gasteiger partial charge in [0.2, 0.25) is 0 Å². The first-order valence-electron chi connectivity index (χ1n) is 31.1. The molecule has 0 unspecified atom stereocenters. The summed E-state index contributed by atoms with van der Waals surface area (Å²) in [4.78, 5) is 5.28. The van der Waals surface area contributed by atoms with Gasteiger partial charge in [-0.1, -0.05) is 178 Å². The molecule has 0 heterocycles. The van der Waals surface area contributed by atoms with Gasteiger partial charge in [0, 0.05) is 44.3 Å². The molecule has 12 aromatic carbocycles. The zero-order valence-corrected chi connectivity index (χ0v) is 50.3. The maximum Gasteiger partial charge on any atom is 0.0546 e. The van der Waals surface area contributed by atoms with Gasteiger partial charge < -0.3 is 9.80 Å². The zero-order chi connectivity index (χ0) is 56.8. The molecule has 0 radical (unpaired) electrons. The first-order chi connectivity index (χ1) is 40.2. The highest BCUT2D eigenvalue weighted by atomic mass is 15.2. The minimum atomic E-state index is 0.972. The van der Waals surface area contributed by atoms with Crippen molar-refractivity contribution in [1.82, 2.24) is 0 Å². The van der Waals surface area contributed by atoms with E-state index in [1.165, 1.54) is 166 Å². The van der Waals surface area contributed by atoms with E-state index in [9.17, 15) is 0 Å². The topological polar surface area (TPSA) is 6.48 Å². The number of benzene rings is 12. The Morgan fingerprint density at radius 2 is 0.573 bits per heavy atom. The minimum Gasteiger partial charge on any atom is -0.310 e. The van der Waals surface area contributed by atoms with E-state index in [0.29, 0.717) is 0 Å². The number of nitrogens with zero attached hydrogens (tertiary/aromatic N) is 2. The van der Waals surface area contributed by atoms with Gasteiger partial charge in [-0.25, -0.2) is 0 Å². The van der Waals surface area contributed by atoms with Gasteiger partial charge in [0.05, 0.1) is 11.4 Å². The van der Waals surface area contributed by atoms with Gasteiger partial charge in [-0.2, -0.15) is 0 Å². The fourth-order valence-electron chi connectivity index (χ4n) is 14.2. The highest BCUT2D eigenvalue weighted by Crippen LogP contribution is 2.53. The summed E-state index contributed by atoms with van der Waals surface area (Å²) in [5, 5.41) is 12.6.